The summed E-state index contributed by atoms with van der Waals surface area (Å²) in [6.07, 6.45) is 2.34. The number of benzene rings is 1. The van der Waals surface area contributed by atoms with Gasteiger partial charge in [-0.3, -0.25) is 4.79 Å². The number of hydrogen-bond acceptors (Lipinski definition) is 5. The fraction of sp³-hybridized carbons (Fsp3) is 0.600. The van der Waals surface area contributed by atoms with Crippen LogP contribution in [-0.4, -0.2) is 42.6 Å². The van der Waals surface area contributed by atoms with Crippen LogP contribution >= 0.6 is 0 Å². The Hall–Kier alpha value is -2.31. The normalized spacial score (nSPS) is 15.5. The molecule has 27 heavy (non-hydrogen) atoms. The summed E-state index contributed by atoms with van der Waals surface area (Å²) in [7, 11) is 1.43. The molecule has 150 valence electrons. The number of anilines is 1. The SMILES string of the molecule is COc1cc(N)c(F)cc1C(=O)CCC1CCN(C(=O)OC(C)(C)C)CC1. The predicted octanol–water partition coefficient (Wildman–Crippen LogP) is 4.03. The molecule has 1 aliphatic heterocycles. The fourth-order valence-corrected chi connectivity index (χ4v) is 3.16. The smallest absolute Gasteiger partial charge is 0.410 e. The molecule has 1 heterocycles. The van der Waals surface area contributed by atoms with Gasteiger partial charge in [-0.1, -0.05) is 0 Å². The van der Waals surface area contributed by atoms with Crippen LogP contribution in [0.4, 0.5) is 14.9 Å². The predicted molar refractivity (Wildman–Crippen MR) is 101 cm³/mol. The lowest BCUT2D eigenvalue weighted by Gasteiger charge is -2.33. The number of Topliss-reactive ketones (excluding diaryl/α,β-unsaturated/α-hetero) is 1. The van der Waals surface area contributed by atoms with Crippen LogP contribution in [0.3, 0.4) is 0 Å². The first-order valence-corrected chi connectivity index (χ1v) is 9.25. The monoisotopic (exact) mass is 380 g/mol. The summed E-state index contributed by atoms with van der Waals surface area (Å²) in [6.45, 7) is 6.77. The number of piperidine rings is 1. The molecule has 2 N–H and O–H groups in total. The lowest BCUT2D eigenvalue weighted by atomic mass is 9.90. The summed E-state index contributed by atoms with van der Waals surface area (Å²) in [5.41, 5.74) is 5.19. The summed E-state index contributed by atoms with van der Waals surface area (Å²) in [4.78, 5) is 26.3. The molecule has 1 aromatic rings. The van der Waals surface area contributed by atoms with Gasteiger partial charge in [0, 0.05) is 25.6 Å². The number of rotatable bonds is 5. The van der Waals surface area contributed by atoms with E-state index in [1.807, 2.05) is 20.8 Å². The van der Waals surface area contributed by atoms with Crippen LogP contribution in [-0.2, 0) is 4.74 Å². The van der Waals surface area contributed by atoms with Crippen LogP contribution in [0.5, 0.6) is 5.75 Å². The number of methoxy groups -OCH3 is 1. The van der Waals surface area contributed by atoms with Crippen molar-refractivity contribution in [1.29, 1.82) is 0 Å². The minimum atomic E-state index is -0.621. The van der Waals surface area contributed by atoms with E-state index >= 15 is 0 Å². The summed E-state index contributed by atoms with van der Waals surface area (Å²) in [5, 5.41) is 0. The maximum absolute atomic E-state index is 13.7. The van der Waals surface area contributed by atoms with E-state index in [-0.39, 0.29) is 23.1 Å². The van der Waals surface area contributed by atoms with Crippen LogP contribution in [0.25, 0.3) is 0 Å². The quantitative estimate of drug-likeness (QED) is 0.616. The van der Waals surface area contributed by atoms with E-state index in [9.17, 15) is 14.0 Å². The third-order valence-corrected chi connectivity index (χ3v) is 4.67. The van der Waals surface area contributed by atoms with Gasteiger partial charge in [0.2, 0.25) is 0 Å². The van der Waals surface area contributed by atoms with Crippen molar-refractivity contribution < 1.29 is 23.5 Å². The first-order chi connectivity index (χ1) is 12.6. The number of nitrogens with zero attached hydrogens (tertiary/aromatic N) is 1. The number of hydrogen-bond donors (Lipinski definition) is 1. The number of carbonyl (C=O) groups is 2. The maximum atomic E-state index is 13.7. The molecule has 2 rings (SSSR count). The molecule has 0 spiro atoms. The number of nitrogen functional groups attached to an aromatic ring is 1. The second-order valence-corrected chi connectivity index (χ2v) is 7.95. The number of halogens is 1. The number of ketones is 1. The lowest BCUT2D eigenvalue weighted by molar-refractivity contribution is 0.0180. The summed E-state index contributed by atoms with van der Waals surface area (Å²) in [5.74, 6) is -0.152. The van der Waals surface area contributed by atoms with Gasteiger partial charge >= 0.3 is 6.09 Å². The molecule has 1 saturated heterocycles. The molecular formula is C20H29FN2O4. The van der Waals surface area contributed by atoms with E-state index in [2.05, 4.69) is 0 Å². The second-order valence-electron chi connectivity index (χ2n) is 7.95. The molecule has 0 aliphatic carbocycles. The Morgan fingerprint density at radius 3 is 2.44 bits per heavy atom. The van der Waals surface area contributed by atoms with Crippen molar-refractivity contribution in [2.45, 2.75) is 52.1 Å². The van der Waals surface area contributed by atoms with E-state index in [1.165, 1.54) is 13.2 Å². The highest BCUT2D eigenvalue weighted by Gasteiger charge is 2.27. The first-order valence-electron chi connectivity index (χ1n) is 9.25. The van der Waals surface area contributed by atoms with Crippen molar-refractivity contribution in [1.82, 2.24) is 4.90 Å². The Morgan fingerprint density at radius 1 is 1.26 bits per heavy atom. The molecule has 0 unspecified atom stereocenters. The third-order valence-electron chi connectivity index (χ3n) is 4.67. The maximum Gasteiger partial charge on any atom is 0.410 e. The molecule has 0 atom stereocenters. The van der Waals surface area contributed by atoms with Crippen molar-refractivity contribution in [2.24, 2.45) is 5.92 Å². The highest BCUT2D eigenvalue weighted by Crippen LogP contribution is 2.28. The summed E-state index contributed by atoms with van der Waals surface area (Å²) in [6, 6.07) is 2.48. The Balaban J connectivity index is 1.86. The Morgan fingerprint density at radius 2 is 1.89 bits per heavy atom. The van der Waals surface area contributed by atoms with Gasteiger partial charge < -0.3 is 20.1 Å². The van der Waals surface area contributed by atoms with Crippen molar-refractivity contribution in [3.05, 3.63) is 23.5 Å². The largest absolute Gasteiger partial charge is 0.496 e. The van der Waals surface area contributed by atoms with Crippen molar-refractivity contribution in [3.63, 3.8) is 0 Å². The number of carbonyl (C=O) groups excluding carboxylic acids is 2. The van der Waals surface area contributed by atoms with Gasteiger partial charge in [-0.15, -0.1) is 0 Å². The van der Waals surface area contributed by atoms with Crippen molar-refractivity contribution >= 4 is 17.6 Å². The Labute approximate surface area is 159 Å². The standard InChI is InChI=1S/C20H29FN2O4/c1-20(2,3)27-19(25)23-9-7-13(8-10-23)5-6-17(24)14-11-15(21)16(22)12-18(14)26-4/h11-13H,5-10,22H2,1-4H3. The van der Waals surface area contributed by atoms with Crippen molar-refractivity contribution in [3.8, 4) is 5.75 Å². The molecule has 1 fully saturated rings. The van der Waals surface area contributed by atoms with E-state index in [0.29, 0.717) is 37.6 Å². The van der Waals surface area contributed by atoms with Gasteiger partial charge in [0.15, 0.2) is 5.78 Å². The van der Waals surface area contributed by atoms with Gasteiger partial charge in [0.1, 0.15) is 17.2 Å². The number of nitrogens with two attached hydrogens (primary N) is 1. The van der Waals surface area contributed by atoms with Crippen LogP contribution < -0.4 is 10.5 Å². The highest BCUT2D eigenvalue weighted by atomic mass is 19.1. The molecule has 1 aliphatic rings. The lowest BCUT2D eigenvalue weighted by Crippen LogP contribution is -2.41. The van der Waals surface area contributed by atoms with E-state index in [1.54, 1.807) is 4.90 Å². The van der Waals surface area contributed by atoms with Gasteiger partial charge in [0.05, 0.1) is 18.4 Å². The highest BCUT2D eigenvalue weighted by molar-refractivity contribution is 5.99. The number of ether oxygens (including phenoxy) is 2. The van der Waals surface area contributed by atoms with E-state index in [4.69, 9.17) is 15.2 Å². The number of amides is 1. The van der Waals surface area contributed by atoms with Crippen LogP contribution in [0, 0.1) is 11.7 Å². The van der Waals surface area contributed by atoms with Gasteiger partial charge in [-0.05, 0) is 52.0 Å². The summed E-state index contributed by atoms with van der Waals surface area (Å²) < 4.78 is 24.2. The fourth-order valence-electron chi connectivity index (χ4n) is 3.16. The summed E-state index contributed by atoms with van der Waals surface area (Å²) >= 11 is 0. The minimum absolute atomic E-state index is 0.0436. The van der Waals surface area contributed by atoms with Crippen LogP contribution in [0.1, 0.15) is 56.8 Å². The van der Waals surface area contributed by atoms with Gasteiger partial charge in [0.25, 0.3) is 0 Å². The molecule has 0 saturated carbocycles. The molecule has 0 radical (unpaired) electrons. The molecule has 6 nitrogen and oxygen atoms in total. The topological polar surface area (TPSA) is 81.9 Å². The molecule has 0 aromatic heterocycles. The average Bonchev–Trinajstić information content (AvgIpc) is 2.60. The van der Waals surface area contributed by atoms with Crippen molar-refractivity contribution in [2.75, 3.05) is 25.9 Å². The minimum Gasteiger partial charge on any atom is -0.496 e. The van der Waals surface area contributed by atoms with Crippen LogP contribution in [0.2, 0.25) is 0 Å². The average molecular weight is 380 g/mol. The first kappa shape index (κ1) is 21.0. The zero-order valence-electron chi connectivity index (χ0n) is 16.5. The molecule has 1 aromatic carbocycles. The molecule has 7 heteroatoms. The molecule has 1 amide bonds. The molecule has 0 bridgehead atoms. The van der Waals surface area contributed by atoms with E-state index in [0.717, 1.165) is 18.9 Å². The Bertz CT molecular complexity index is 692. The second kappa shape index (κ2) is 8.59. The van der Waals surface area contributed by atoms with Crippen LogP contribution in [0.15, 0.2) is 12.1 Å². The number of likely N-dealkylation sites (tertiary alicyclic amines) is 1. The van der Waals surface area contributed by atoms with Gasteiger partial charge in [-0.2, -0.15) is 0 Å². The zero-order chi connectivity index (χ0) is 20.2. The van der Waals surface area contributed by atoms with E-state index < -0.39 is 11.4 Å². The third kappa shape index (κ3) is 5.84. The molecular weight excluding hydrogens is 351 g/mol. The van der Waals surface area contributed by atoms with Gasteiger partial charge in [-0.25, -0.2) is 9.18 Å². The Kier molecular flexibility index (Phi) is 6.68. The zero-order valence-corrected chi connectivity index (χ0v) is 16.5.